The minimum atomic E-state index is -0.366. The number of nitrogens with zero attached hydrogens (tertiary/aromatic N) is 3. The van der Waals surface area contributed by atoms with Gasteiger partial charge in [-0.25, -0.2) is 9.48 Å². The zero-order valence-electron chi connectivity index (χ0n) is 15.5. The molecule has 0 saturated heterocycles. The van der Waals surface area contributed by atoms with Gasteiger partial charge in [0, 0.05) is 25.1 Å². The second-order valence-corrected chi connectivity index (χ2v) is 6.67. The zero-order chi connectivity index (χ0) is 18.8. The highest BCUT2D eigenvalue weighted by Crippen LogP contribution is 2.32. The van der Waals surface area contributed by atoms with Crippen LogP contribution in [0.25, 0.3) is 5.69 Å². The smallest absolute Gasteiger partial charge is 0.339 e. The summed E-state index contributed by atoms with van der Waals surface area (Å²) in [5.41, 5.74) is 4.44. The van der Waals surface area contributed by atoms with Crippen molar-refractivity contribution in [2.45, 2.75) is 13.0 Å². The molecule has 4 rings (SSSR count). The van der Waals surface area contributed by atoms with Gasteiger partial charge in [-0.05, 0) is 31.3 Å². The van der Waals surface area contributed by atoms with Crippen LogP contribution in [-0.2, 0) is 17.7 Å². The van der Waals surface area contributed by atoms with Crippen LogP contribution < -0.4 is 5.32 Å². The molecule has 1 aromatic heterocycles. The number of methoxy groups -OCH3 is 1. The number of para-hydroxylation sites is 2. The number of carbonyl (C=O) groups excluding carboxylic acids is 1. The van der Waals surface area contributed by atoms with Gasteiger partial charge in [-0.2, -0.15) is 5.10 Å². The predicted octanol–water partition coefficient (Wildman–Crippen LogP) is 3.39. The Morgan fingerprint density at radius 2 is 1.85 bits per heavy atom. The number of ether oxygens (including phenoxy) is 1. The van der Waals surface area contributed by atoms with Gasteiger partial charge in [0.2, 0.25) is 0 Å². The standard InChI is InChI=1S/C21H22N4O2/c1-24-13-12-19-17(14-24)20(25(23-19)15-8-4-3-5-9-15)22-18-11-7-6-10-16(18)21(26)27-2/h3-11,22H,12-14H2,1-2H3. The van der Waals surface area contributed by atoms with Crippen molar-refractivity contribution >= 4 is 17.5 Å². The molecule has 1 aliphatic heterocycles. The molecule has 27 heavy (non-hydrogen) atoms. The Morgan fingerprint density at radius 3 is 2.63 bits per heavy atom. The zero-order valence-corrected chi connectivity index (χ0v) is 15.5. The number of hydrogen-bond acceptors (Lipinski definition) is 5. The Labute approximate surface area is 158 Å². The summed E-state index contributed by atoms with van der Waals surface area (Å²) in [6.07, 6.45) is 0.902. The van der Waals surface area contributed by atoms with Crippen molar-refractivity contribution in [2.75, 3.05) is 26.0 Å². The number of benzene rings is 2. The van der Waals surface area contributed by atoms with E-state index in [2.05, 4.69) is 17.3 Å². The number of aromatic nitrogens is 2. The van der Waals surface area contributed by atoms with Gasteiger partial charge >= 0.3 is 5.97 Å². The summed E-state index contributed by atoms with van der Waals surface area (Å²) in [6.45, 7) is 1.79. The molecular formula is C21H22N4O2. The summed E-state index contributed by atoms with van der Waals surface area (Å²) < 4.78 is 6.86. The van der Waals surface area contributed by atoms with E-state index in [1.54, 1.807) is 6.07 Å². The molecular weight excluding hydrogens is 340 g/mol. The maximum absolute atomic E-state index is 12.2. The van der Waals surface area contributed by atoms with E-state index in [4.69, 9.17) is 9.84 Å². The molecule has 6 heteroatoms. The first-order chi connectivity index (χ1) is 13.2. The minimum Gasteiger partial charge on any atom is -0.465 e. The van der Waals surface area contributed by atoms with Crippen LogP contribution in [0.2, 0.25) is 0 Å². The van der Waals surface area contributed by atoms with Crippen LogP contribution in [0.3, 0.4) is 0 Å². The number of anilines is 2. The van der Waals surface area contributed by atoms with Gasteiger partial charge in [0.25, 0.3) is 0 Å². The van der Waals surface area contributed by atoms with Crippen LogP contribution in [0.1, 0.15) is 21.6 Å². The molecule has 138 valence electrons. The molecule has 0 unspecified atom stereocenters. The van der Waals surface area contributed by atoms with E-state index in [1.807, 2.05) is 53.2 Å². The largest absolute Gasteiger partial charge is 0.465 e. The van der Waals surface area contributed by atoms with E-state index < -0.39 is 0 Å². The molecule has 0 saturated carbocycles. The molecule has 1 aliphatic rings. The third kappa shape index (κ3) is 3.31. The van der Waals surface area contributed by atoms with E-state index in [1.165, 1.54) is 7.11 Å². The summed E-state index contributed by atoms with van der Waals surface area (Å²) in [5, 5.41) is 8.31. The lowest BCUT2D eigenvalue weighted by Crippen LogP contribution is -2.26. The van der Waals surface area contributed by atoms with Crippen molar-refractivity contribution in [1.29, 1.82) is 0 Å². The Morgan fingerprint density at radius 1 is 1.11 bits per heavy atom. The van der Waals surface area contributed by atoms with Gasteiger partial charge in [0.05, 0.1) is 29.7 Å². The maximum atomic E-state index is 12.2. The Hall–Kier alpha value is -3.12. The molecule has 0 radical (unpaired) electrons. The van der Waals surface area contributed by atoms with Crippen LogP contribution in [0.4, 0.5) is 11.5 Å². The lowest BCUT2D eigenvalue weighted by atomic mass is 10.1. The fourth-order valence-corrected chi connectivity index (χ4v) is 3.40. The number of nitrogens with one attached hydrogen (secondary N) is 1. The van der Waals surface area contributed by atoms with E-state index in [0.29, 0.717) is 11.3 Å². The molecule has 0 aliphatic carbocycles. The fourth-order valence-electron chi connectivity index (χ4n) is 3.40. The van der Waals surface area contributed by atoms with Crippen LogP contribution >= 0.6 is 0 Å². The molecule has 1 N–H and O–H groups in total. The Kier molecular flexibility index (Phi) is 4.64. The first-order valence-corrected chi connectivity index (χ1v) is 8.96. The van der Waals surface area contributed by atoms with Gasteiger partial charge in [0.15, 0.2) is 0 Å². The van der Waals surface area contributed by atoms with Crippen molar-refractivity contribution < 1.29 is 9.53 Å². The van der Waals surface area contributed by atoms with Gasteiger partial charge in [-0.1, -0.05) is 30.3 Å². The summed E-state index contributed by atoms with van der Waals surface area (Å²) in [5.74, 6) is 0.522. The molecule has 0 atom stereocenters. The normalized spacial score (nSPS) is 13.9. The van der Waals surface area contributed by atoms with Crippen molar-refractivity contribution in [1.82, 2.24) is 14.7 Å². The molecule has 0 fully saturated rings. The summed E-state index contributed by atoms with van der Waals surface area (Å²) >= 11 is 0. The Bertz CT molecular complexity index is 966. The van der Waals surface area contributed by atoms with Crippen molar-refractivity contribution in [3.05, 3.63) is 71.4 Å². The monoisotopic (exact) mass is 362 g/mol. The van der Waals surface area contributed by atoms with Crippen LogP contribution in [0.15, 0.2) is 54.6 Å². The third-order valence-electron chi connectivity index (χ3n) is 4.81. The van der Waals surface area contributed by atoms with Crippen molar-refractivity contribution in [2.24, 2.45) is 0 Å². The second kappa shape index (κ2) is 7.25. The predicted molar refractivity (Wildman–Crippen MR) is 105 cm³/mol. The van der Waals surface area contributed by atoms with Crippen LogP contribution in [0, 0.1) is 0 Å². The van der Waals surface area contributed by atoms with Gasteiger partial charge in [-0.15, -0.1) is 0 Å². The molecule has 2 aromatic carbocycles. The number of carbonyl (C=O) groups is 1. The number of esters is 1. The highest BCUT2D eigenvalue weighted by molar-refractivity contribution is 5.96. The molecule has 0 amide bonds. The third-order valence-corrected chi connectivity index (χ3v) is 4.81. The number of rotatable bonds is 4. The summed E-state index contributed by atoms with van der Waals surface area (Å²) in [4.78, 5) is 14.4. The van der Waals surface area contributed by atoms with E-state index in [9.17, 15) is 4.79 Å². The van der Waals surface area contributed by atoms with Crippen molar-refractivity contribution in [3.63, 3.8) is 0 Å². The number of hydrogen-bond donors (Lipinski definition) is 1. The molecule has 3 aromatic rings. The Balaban J connectivity index is 1.83. The quantitative estimate of drug-likeness (QED) is 0.721. The van der Waals surface area contributed by atoms with E-state index in [0.717, 1.165) is 42.3 Å². The molecule has 0 spiro atoms. The summed E-state index contributed by atoms with van der Waals surface area (Å²) in [6, 6.07) is 17.4. The summed E-state index contributed by atoms with van der Waals surface area (Å²) in [7, 11) is 3.50. The highest BCUT2D eigenvalue weighted by Gasteiger charge is 2.25. The molecule has 0 bridgehead atoms. The lowest BCUT2D eigenvalue weighted by molar-refractivity contribution is 0.0602. The number of likely N-dealkylation sites (N-methyl/N-ethyl adjacent to an activating group) is 1. The fraction of sp³-hybridized carbons (Fsp3) is 0.238. The second-order valence-electron chi connectivity index (χ2n) is 6.67. The first-order valence-electron chi connectivity index (χ1n) is 8.96. The highest BCUT2D eigenvalue weighted by atomic mass is 16.5. The SMILES string of the molecule is COC(=O)c1ccccc1Nc1c2c(nn1-c1ccccc1)CCN(C)C2. The first kappa shape index (κ1) is 17.3. The van der Waals surface area contributed by atoms with Gasteiger partial charge in [0.1, 0.15) is 5.82 Å². The van der Waals surface area contributed by atoms with Gasteiger partial charge < -0.3 is 15.0 Å². The van der Waals surface area contributed by atoms with Gasteiger partial charge in [-0.3, -0.25) is 0 Å². The maximum Gasteiger partial charge on any atom is 0.339 e. The molecule has 2 heterocycles. The van der Waals surface area contributed by atoms with Crippen LogP contribution in [-0.4, -0.2) is 41.4 Å². The average molecular weight is 362 g/mol. The van der Waals surface area contributed by atoms with E-state index in [-0.39, 0.29) is 5.97 Å². The molecule has 6 nitrogen and oxygen atoms in total. The topological polar surface area (TPSA) is 59.4 Å². The van der Waals surface area contributed by atoms with E-state index >= 15 is 0 Å². The van der Waals surface area contributed by atoms with Crippen LogP contribution in [0.5, 0.6) is 0 Å². The lowest BCUT2D eigenvalue weighted by Gasteiger charge is -2.22. The van der Waals surface area contributed by atoms with Crippen molar-refractivity contribution in [3.8, 4) is 5.69 Å². The average Bonchev–Trinajstić information content (AvgIpc) is 3.06. The minimum absolute atomic E-state index is 0.366. The number of fused-ring (bicyclic) bond motifs is 1.